The predicted molar refractivity (Wildman–Crippen MR) is 68.6 cm³/mol. The first-order chi connectivity index (χ1) is 7.25. The smallest absolute Gasteiger partial charge is 0.0413 e. The molecule has 0 spiro atoms. The molecule has 76 valence electrons. The number of halogens is 1. The lowest BCUT2D eigenvalue weighted by Gasteiger charge is -2.08. The molecule has 0 amide bonds. The third-order valence-electron chi connectivity index (χ3n) is 2.27. The van der Waals surface area contributed by atoms with Crippen molar-refractivity contribution >= 4 is 27.3 Å². The average Bonchev–Trinajstić information content (AvgIpc) is 2.25. The topological polar surface area (TPSA) is 12.0 Å². The lowest BCUT2D eigenvalue weighted by atomic mass is 10.2. The second-order valence-corrected chi connectivity index (χ2v) is 4.36. The van der Waals surface area contributed by atoms with Gasteiger partial charge >= 0.3 is 0 Å². The van der Waals surface area contributed by atoms with E-state index in [1.807, 2.05) is 24.3 Å². The highest BCUT2D eigenvalue weighted by Gasteiger charge is 1.96. The van der Waals surface area contributed by atoms with E-state index in [9.17, 15) is 0 Å². The number of benzene rings is 2. The molecule has 0 aromatic heterocycles. The Labute approximate surface area is 98.3 Å². The van der Waals surface area contributed by atoms with Gasteiger partial charge < -0.3 is 5.32 Å². The minimum Gasteiger partial charge on any atom is -0.355 e. The Morgan fingerprint density at radius 1 is 0.933 bits per heavy atom. The molecule has 0 saturated carbocycles. The van der Waals surface area contributed by atoms with Gasteiger partial charge in [-0.25, -0.2) is 0 Å². The van der Waals surface area contributed by atoms with Crippen LogP contribution in [-0.4, -0.2) is 0 Å². The molecule has 0 radical (unpaired) electrons. The molecule has 2 aromatic rings. The molecule has 0 fully saturated rings. The van der Waals surface area contributed by atoms with Crippen LogP contribution in [0.25, 0.3) is 0 Å². The minimum absolute atomic E-state index is 1.10. The predicted octanol–water partition coefficient (Wildman–Crippen LogP) is 4.50. The van der Waals surface area contributed by atoms with Crippen LogP contribution in [0.5, 0.6) is 0 Å². The summed E-state index contributed by atoms with van der Waals surface area (Å²) in [6, 6.07) is 16.4. The fourth-order valence-corrected chi connectivity index (χ4v) is 1.67. The molecular weight excluding hydrogens is 250 g/mol. The van der Waals surface area contributed by atoms with E-state index in [-0.39, 0.29) is 0 Å². The van der Waals surface area contributed by atoms with Crippen LogP contribution in [0.3, 0.4) is 0 Å². The fourth-order valence-electron chi connectivity index (χ4n) is 1.40. The van der Waals surface area contributed by atoms with Gasteiger partial charge in [0.25, 0.3) is 0 Å². The van der Waals surface area contributed by atoms with Crippen molar-refractivity contribution < 1.29 is 0 Å². The standard InChI is InChI=1S/C13H12BrN/c1-10-4-2-3-5-13(10)15-12-8-6-11(14)7-9-12/h2-9,15H,1H3. The van der Waals surface area contributed by atoms with Crippen molar-refractivity contribution in [2.24, 2.45) is 0 Å². The molecule has 2 heteroatoms. The van der Waals surface area contributed by atoms with Gasteiger partial charge in [0, 0.05) is 15.8 Å². The second kappa shape index (κ2) is 4.49. The van der Waals surface area contributed by atoms with Crippen LogP contribution in [0, 0.1) is 6.92 Å². The highest BCUT2D eigenvalue weighted by Crippen LogP contribution is 2.21. The molecule has 0 saturated heterocycles. The van der Waals surface area contributed by atoms with Crippen molar-refractivity contribution in [2.75, 3.05) is 5.32 Å². The molecule has 0 aliphatic carbocycles. The fraction of sp³-hybridized carbons (Fsp3) is 0.0769. The van der Waals surface area contributed by atoms with Gasteiger partial charge in [-0.1, -0.05) is 34.1 Å². The summed E-state index contributed by atoms with van der Waals surface area (Å²) in [7, 11) is 0. The number of rotatable bonds is 2. The largest absolute Gasteiger partial charge is 0.355 e. The Bertz CT molecular complexity index is 448. The van der Waals surface area contributed by atoms with E-state index in [0.29, 0.717) is 0 Å². The molecule has 2 rings (SSSR count). The summed E-state index contributed by atoms with van der Waals surface area (Å²) in [6.45, 7) is 2.10. The maximum Gasteiger partial charge on any atom is 0.0413 e. The first-order valence-electron chi connectivity index (χ1n) is 4.84. The molecule has 0 aliphatic rings. The first-order valence-corrected chi connectivity index (χ1v) is 5.63. The zero-order chi connectivity index (χ0) is 10.7. The van der Waals surface area contributed by atoms with E-state index in [1.165, 1.54) is 5.56 Å². The minimum atomic E-state index is 1.10. The summed E-state index contributed by atoms with van der Waals surface area (Å²) < 4.78 is 1.10. The van der Waals surface area contributed by atoms with Crippen LogP contribution in [0.2, 0.25) is 0 Å². The van der Waals surface area contributed by atoms with Crippen LogP contribution in [0.4, 0.5) is 11.4 Å². The third kappa shape index (κ3) is 2.60. The van der Waals surface area contributed by atoms with Gasteiger partial charge in [-0.05, 0) is 42.8 Å². The van der Waals surface area contributed by atoms with Crippen molar-refractivity contribution in [3.63, 3.8) is 0 Å². The van der Waals surface area contributed by atoms with Crippen molar-refractivity contribution in [3.05, 3.63) is 58.6 Å². The molecule has 0 atom stereocenters. The third-order valence-corrected chi connectivity index (χ3v) is 2.80. The molecule has 15 heavy (non-hydrogen) atoms. The lowest BCUT2D eigenvalue weighted by molar-refractivity contribution is 1.43. The van der Waals surface area contributed by atoms with Crippen molar-refractivity contribution in [3.8, 4) is 0 Å². The van der Waals surface area contributed by atoms with Gasteiger partial charge in [-0.2, -0.15) is 0 Å². The molecule has 1 N–H and O–H groups in total. The Hall–Kier alpha value is -1.28. The number of para-hydroxylation sites is 1. The monoisotopic (exact) mass is 261 g/mol. The number of aryl methyl sites for hydroxylation is 1. The quantitative estimate of drug-likeness (QED) is 0.840. The zero-order valence-corrected chi connectivity index (χ0v) is 10.1. The van der Waals surface area contributed by atoms with Crippen molar-refractivity contribution in [1.82, 2.24) is 0 Å². The summed E-state index contributed by atoms with van der Waals surface area (Å²) in [5.41, 5.74) is 3.51. The van der Waals surface area contributed by atoms with Gasteiger partial charge in [-0.3, -0.25) is 0 Å². The van der Waals surface area contributed by atoms with Gasteiger partial charge in [0.15, 0.2) is 0 Å². The maximum absolute atomic E-state index is 3.42. The molecule has 0 unspecified atom stereocenters. The lowest BCUT2D eigenvalue weighted by Crippen LogP contribution is -1.91. The van der Waals surface area contributed by atoms with Gasteiger partial charge in [0.1, 0.15) is 0 Å². The summed E-state index contributed by atoms with van der Waals surface area (Å²) in [4.78, 5) is 0. The van der Waals surface area contributed by atoms with Crippen molar-refractivity contribution in [1.29, 1.82) is 0 Å². The SMILES string of the molecule is Cc1ccccc1Nc1ccc(Br)cc1. The molecule has 0 heterocycles. The summed E-state index contributed by atoms with van der Waals surface area (Å²) in [5.74, 6) is 0. The molecule has 2 aromatic carbocycles. The van der Waals surface area contributed by atoms with Crippen LogP contribution in [0.1, 0.15) is 5.56 Å². The maximum atomic E-state index is 3.42. The average molecular weight is 262 g/mol. The van der Waals surface area contributed by atoms with E-state index in [0.717, 1.165) is 15.8 Å². The van der Waals surface area contributed by atoms with Gasteiger partial charge in [0.05, 0.1) is 0 Å². The van der Waals surface area contributed by atoms with Crippen LogP contribution in [0.15, 0.2) is 53.0 Å². The zero-order valence-electron chi connectivity index (χ0n) is 8.50. The van der Waals surface area contributed by atoms with E-state index < -0.39 is 0 Å². The van der Waals surface area contributed by atoms with Crippen LogP contribution in [-0.2, 0) is 0 Å². The van der Waals surface area contributed by atoms with E-state index in [2.05, 4.69) is 52.4 Å². The Morgan fingerprint density at radius 2 is 1.60 bits per heavy atom. The first kappa shape index (κ1) is 10.2. The van der Waals surface area contributed by atoms with Crippen molar-refractivity contribution in [2.45, 2.75) is 6.92 Å². The Balaban J connectivity index is 2.22. The number of nitrogens with one attached hydrogen (secondary N) is 1. The van der Waals surface area contributed by atoms with E-state index >= 15 is 0 Å². The van der Waals surface area contributed by atoms with E-state index in [1.54, 1.807) is 0 Å². The van der Waals surface area contributed by atoms with Crippen LogP contribution >= 0.6 is 15.9 Å². The van der Waals surface area contributed by atoms with E-state index in [4.69, 9.17) is 0 Å². The van der Waals surface area contributed by atoms with Crippen LogP contribution < -0.4 is 5.32 Å². The number of hydrogen-bond acceptors (Lipinski definition) is 1. The Kier molecular flexibility index (Phi) is 3.07. The summed E-state index contributed by atoms with van der Waals surface area (Å²) >= 11 is 3.42. The molecular formula is C13H12BrN. The van der Waals surface area contributed by atoms with Gasteiger partial charge in [0.2, 0.25) is 0 Å². The molecule has 1 nitrogen and oxygen atoms in total. The van der Waals surface area contributed by atoms with Gasteiger partial charge in [-0.15, -0.1) is 0 Å². The molecule has 0 bridgehead atoms. The number of hydrogen-bond donors (Lipinski definition) is 1. The molecule has 0 aliphatic heterocycles. The Morgan fingerprint density at radius 3 is 2.27 bits per heavy atom. The highest BCUT2D eigenvalue weighted by molar-refractivity contribution is 9.10. The number of anilines is 2. The summed E-state index contributed by atoms with van der Waals surface area (Å²) in [5, 5.41) is 3.38. The normalized spacial score (nSPS) is 10.0. The second-order valence-electron chi connectivity index (χ2n) is 3.45. The summed E-state index contributed by atoms with van der Waals surface area (Å²) in [6.07, 6.45) is 0. The highest BCUT2D eigenvalue weighted by atomic mass is 79.9.